The van der Waals surface area contributed by atoms with Crippen LogP contribution >= 0.6 is 11.5 Å². The van der Waals surface area contributed by atoms with Crippen LogP contribution < -0.4 is 5.56 Å². The lowest BCUT2D eigenvalue weighted by molar-refractivity contribution is 0.678. The largest absolute Gasteiger partial charge is 0.269 e. The summed E-state index contributed by atoms with van der Waals surface area (Å²) in [6, 6.07) is 18.0. The molecular weight excluding hydrogens is 242 g/mol. The van der Waals surface area contributed by atoms with Gasteiger partial charge in [0.1, 0.15) is 0 Å². The van der Waals surface area contributed by atoms with Crippen molar-refractivity contribution in [3.63, 3.8) is 0 Å². The number of aromatic nitrogens is 1. The second kappa shape index (κ2) is 4.42. The van der Waals surface area contributed by atoms with Crippen molar-refractivity contribution in [3.8, 4) is 0 Å². The minimum absolute atomic E-state index is 0.0797. The van der Waals surface area contributed by atoms with Gasteiger partial charge in [-0.3, -0.25) is 8.75 Å². The highest BCUT2D eigenvalue weighted by molar-refractivity contribution is 7.13. The van der Waals surface area contributed by atoms with Crippen molar-refractivity contribution in [3.05, 3.63) is 70.5 Å². The molecule has 0 fully saturated rings. The summed E-state index contributed by atoms with van der Waals surface area (Å²) >= 11 is 1.53. The van der Waals surface area contributed by atoms with Gasteiger partial charge in [-0.15, -0.1) is 0 Å². The van der Waals surface area contributed by atoms with Gasteiger partial charge >= 0.3 is 0 Å². The van der Waals surface area contributed by atoms with Crippen molar-refractivity contribution in [1.29, 1.82) is 0 Å². The van der Waals surface area contributed by atoms with E-state index in [-0.39, 0.29) is 11.6 Å². The Balaban J connectivity index is 2.15. The molecule has 0 bridgehead atoms. The van der Waals surface area contributed by atoms with Crippen molar-refractivity contribution >= 4 is 21.6 Å². The molecule has 3 aromatic rings. The third kappa shape index (κ3) is 1.77. The zero-order chi connectivity index (χ0) is 12.5. The summed E-state index contributed by atoms with van der Waals surface area (Å²) < 4.78 is 2.89. The maximum absolute atomic E-state index is 12.3. The number of hydrogen-bond donors (Lipinski definition) is 0. The van der Waals surface area contributed by atoms with E-state index < -0.39 is 0 Å². The standard InChI is InChI=1S/C15H13NOS/c1-11(12-7-3-2-4-8-12)16-15(17)13-9-5-6-10-14(13)18-16/h2-11H,1H3/t11-/m1/s1. The molecule has 0 aliphatic rings. The van der Waals surface area contributed by atoms with E-state index >= 15 is 0 Å². The molecule has 18 heavy (non-hydrogen) atoms. The fraction of sp³-hybridized carbons (Fsp3) is 0.133. The Labute approximate surface area is 109 Å². The van der Waals surface area contributed by atoms with Gasteiger partial charge in [0.2, 0.25) is 0 Å². The van der Waals surface area contributed by atoms with Crippen LogP contribution in [-0.2, 0) is 0 Å². The molecule has 3 rings (SSSR count). The van der Waals surface area contributed by atoms with Gasteiger partial charge in [0.15, 0.2) is 0 Å². The average molecular weight is 255 g/mol. The van der Waals surface area contributed by atoms with E-state index in [0.717, 1.165) is 15.6 Å². The Morgan fingerprint density at radius 1 is 1.00 bits per heavy atom. The van der Waals surface area contributed by atoms with Gasteiger partial charge in [-0.2, -0.15) is 0 Å². The summed E-state index contributed by atoms with van der Waals surface area (Å²) in [5, 5.41) is 0.810. The zero-order valence-corrected chi connectivity index (χ0v) is 10.9. The predicted octanol–water partition coefficient (Wildman–Crippen LogP) is 3.67. The smallest absolute Gasteiger partial charge is 0.268 e. The highest BCUT2D eigenvalue weighted by Gasteiger charge is 2.13. The molecule has 0 unspecified atom stereocenters. The highest BCUT2D eigenvalue weighted by Crippen LogP contribution is 2.23. The summed E-state index contributed by atoms with van der Waals surface area (Å²) in [5.74, 6) is 0. The monoisotopic (exact) mass is 255 g/mol. The third-order valence-corrected chi connectivity index (χ3v) is 4.38. The van der Waals surface area contributed by atoms with Gasteiger partial charge in [0.25, 0.3) is 5.56 Å². The van der Waals surface area contributed by atoms with Crippen molar-refractivity contribution in [1.82, 2.24) is 3.96 Å². The molecule has 1 heterocycles. The minimum atomic E-state index is 0.0797. The van der Waals surface area contributed by atoms with Gasteiger partial charge in [0, 0.05) is 0 Å². The highest BCUT2D eigenvalue weighted by atomic mass is 32.1. The number of benzene rings is 2. The number of fused-ring (bicyclic) bond motifs is 1. The van der Waals surface area contributed by atoms with Gasteiger partial charge in [-0.05, 0) is 24.6 Å². The van der Waals surface area contributed by atoms with Gasteiger partial charge in [-0.1, -0.05) is 54.0 Å². The molecule has 0 spiro atoms. The van der Waals surface area contributed by atoms with Gasteiger partial charge in [0.05, 0.1) is 16.1 Å². The quantitative estimate of drug-likeness (QED) is 0.684. The van der Waals surface area contributed by atoms with Crippen LogP contribution in [0.4, 0.5) is 0 Å². The van der Waals surface area contributed by atoms with Crippen molar-refractivity contribution in [2.45, 2.75) is 13.0 Å². The van der Waals surface area contributed by atoms with Crippen LogP contribution in [0.15, 0.2) is 59.4 Å². The topological polar surface area (TPSA) is 22.0 Å². The first-order valence-corrected chi connectivity index (χ1v) is 6.70. The molecule has 90 valence electrons. The van der Waals surface area contributed by atoms with Crippen molar-refractivity contribution < 1.29 is 0 Å². The summed E-state index contributed by atoms with van der Waals surface area (Å²) in [7, 11) is 0. The molecule has 0 radical (unpaired) electrons. The first-order valence-electron chi connectivity index (χ1n) is 5.93. The molecule has 1 aromatic heterocycles. The Morgan fingerprint density at radius 3 is 2.39 bits per heavy atom. The van der Waals surface area contributed by atoms with E-state index in [9.17, 15) is 4.79 Å². The Hall–Kier alpha value is -1.87. The number of rotatable bonds is 2. The van der Waals surface area contributed by atoms with Crippen LogP contribution in [0.2, 0.25) is 0 Å². The van der Waals surface area contributed by atoms with Crippen LogP contribution in [0, 0.1) is 0 Å². The zero-order valence-electron chi connectivity index (χ0n) is 10.0. The van der Waals surface area contributed by atoms with Crippen LogP contribution in [0.1, 0.15) is 18.5 Å². The number of nitrogens with zero attached hydrogens (tertiary/aromatic N) is 1. The first-order chi connectivity index (χ1) is 8.77. The molecule has 1 atom stereocenters. The Morgan fingerprint density at radius 2 is 1.67 bits per heavy atom. The lowest BCUT2D eigenvalue weighted by Gasteiger charge is -2.11. The van der Waals surface area contributed by atoms with Crippen molar-refractivity contribution in [2.24, 2.45) is 0 Å². The molecule has 0 amide bonds. The third-order valence-electron chi connectivity index (χ3n) is 3.15. The van der Waals surface area contributed by atoms with E-state index in [4.69, 9.17) is 0 Å². The van der Waals surface area contributed by atoms with E-state index in [2.05, 4.69) is 19.1 Å². The van der Waals surface area contributed by atoms with Crippen LogP contribution in [0.25, 0.3) is 10.1 Å². The number of hydrogen-bond acceptors (Lipinski definition) is 2. The lowest BCUT2D eigenvalue weighted by atomic mass is 10.1. The maximum atomic E-state index is 12.3. The van der Waals surface area contributed by atoms with E-state index in [1.807, 2.05) is 46.4 Å². The molecule has 0 N–H and O–H groups in total. The summed E-state index contributed by atoms with van der Waals surface area (Å²) in [6.45, 7) is 2.06. The summed E-state index contributed by atoms with van der Waals surface area (Å²) in [5.41, 5.74) is 1.26. The van der Waals surface area contributed by atoms with Crippen molar-refractivity contribution in [2.75, 3.05) is 0 Å². The molecule has 2 aromatic carbocycles. The van der Waals surface area contributed by atoms with Gasteiger partial charge < -0.3 is 0 Å². The molecule has 0 aliphatic heterocycles. The SMILES string of the molecule is C[C@H](c1ccccc1)n1sc2ccccc2c1=O. The molecule has 0 saturated carbocycles. The van der Waals surface area contributed by atoms with E-state index in [1.54, 1.807) is 0 Å². The van der Waals surface area contributed by atoms with Crippen LogP contribution in [-0.4, -0.2) is 3.96 Å². The van der Waals surface area contributed by atoms with E-state index in [1.165, 1.54) is 11.5 Å². The van der Waals surface area contributed by atoms with E-state index in [0.29, 0.717) is 0 Å². The molecule has 0 aliphatic carbocycles. The normalized spacial score (nSPS) is 12.7. The van der Waals surface area contributed by atoms with Gasteiger partial charge in [-0.25, -0.2) is 0 Å². The fourth-order valence-electron chi connectivity index (χ4n) is 2.11. The second-order valence-electron chi connectivity index (χ2n) is 4.31. The van der Waals surface area contributed by atoms with Crippen LogP contribution in [0.5, 0.6) is 0 Å². The first kappa shape index (κ1) is 11.2. The molecule has 3 heteroatoms. The minimum Gasteiger partial charge on any atom is -0.268 e. The summed E-state index contributed by atoms with van der Waals surface area (Å²) in [6.07, 6.45) is 0. The predicted molar refractivity (Wildman–Crippen MR) is 76.3 cm³/mol. The molecule has 2 nitrogen and oxygen atoms in total. The maximum Gasteiger partial charge on any atom is 0.269 e. The van der Waals surface area contributed by atoms with Crippen LogP contribution in [0.3, 0.4) is 0 Å². The lowest BCUT2D eigenvalue weighted by Crippen LogP contribution is -2.17. The Bertz CT molecular complexity index is 727. The molecule has 0 saturated heterocycles. The molecular formula is C15H13NOS. The average Bonchev–Trinajstić information content (AvgIpc) is 2.77. The Kier molecular flexibility index (Phi) is 2.76. The second-order valence-corrected chi connectivity index (χ2v) is 5.32. The summed E-state index contributed by atoms with van der Waals surface area (Å²) in [4.78, 5) is 12.3. The fourth-order valence-corrected chi connectivity index (χ4v) is 3.18.